The number of aromatic nitrogens is 4. The van der Waals surface area contributed by atoms with Crippen molar-refractivity contribution in [3.05, 3.63) is 56.5 Å². The lowest BCUT2D eigenvalue weighted by atomic mass is 10.2. The molecule has 7 heteroatoms. The number of anilines is 1. The van der Waals surface area contributed by atoms with E-state index >= 15 is 0 Å². The molecule has 0 saturated heterocycles. The zero-order valence-corrected chi connectivity index (χ0v) is 14.5. The maximum absolute atomic E-state index is 11.7. The number of nitrogens with zero attached hydrogens (tertiary/aromatic N) is 3. The summed E-state index contributed by atoms with van der Waals surface area (Å²) in [6.45, 7) is 4.71. The van der Waals surface area contributed by atoms with Crippen molar-refractivity contribution in [1.82, 2.24) is 19.9 Å². The third kappa shape index (κ3) is 3.86. The van der Waals surface area contributed by atoms with Crippen molar-refractivity contribution in [1.29, 1.82) is 0 Å². The van der Waals surface area contributed by atoms with E-state index in [1.807, 2.05) is 19.1 Å². The number of hydrogen-bond donors (Lipinski definition) is 2. The maximum atomic E-state index is 11.7. The molecule has 0 saturated carbocycles. The summed E-state index contributed by atoms with van der Waals surface area (Å²) >= 11 is 1.68. The average Bonchev–Trinajstić information content (AvgIpc) is 3.08. The molecule has 0 aliphatic carbocycles. The molecule has 0 atom stereocenters. The number of aryl methyl sites for hydroxylation is 2. The van der Waals surface area contributed by atoms with Crippen LogP contribution in [0.1, 0.15) is 30.2 Å². The molecule has 0 aromatic carbocycles. The first-order valence-corrected chi connectivity index (χ1v) is 8.79. The first-order valence-electron chi connectivity index (χ1n) is 7.91. The predicted molar refractivity (Wildman–Crippen MR) is 96.3 cm³/mol. The van der Waals surface area contributed by atoms with Gasteiger partial charge >= 0.3 is 0 Å². The molecule has 3 aromatic rings. The Morgan fingerprint density at radius 3 is 2.71 bits per heavy atom. The molecule has 2 N–H and O–H groups in total. The van der Waals surface area contributed by atoms with Gasteiger partial charge in [-0.05, 0) is 25.0 Å². The highest BCUT2D eigenvalue weighted by molar-refractivity contribution is 7.09. The minimum Gasteiger partial charge on any atom is -0.364 e. The first-order chi connectivity index (χ1) is 11.7. The number of hydrogen-bond acceptors (Lipinski definition) is 6. The molecule has 6 nitrogen and oxygen atoms in total. The molecule has 0 radical (unpaired) electrons. The minimum absolute atomic E-state index is 0.144. The monoisotopic (exact) mass is 341 g/mol. The molecular formula is C17H19N5OS. The molecule has 0 fully saturated rings. The van der Waals surface area contributed by atoms with Crippen LogP contribution in [-0.2, 0) is 19.4 Å². The number of aromatic amines is 1. The van der Waals surface area contributed by atoms with E-state index in [0.29, 0.717) is 12.4 Å². The van der Waals surface area contributed by atoms with Gasteiger partial charge in [0.1, 0.15) is 11.6 Å². The van der Waals surface area contributed by atoms with E-state index < -0.39 is 0 Å². The van der Waals surface area contributed by atoms with Crippen molar-refractivity contribution in [3.63, 3.8) is 0 Å². The fourth-order valence-corrected chi connectivity index (χ4v) is 2.98. The summed E-state index contributed by atoms with van der Waals surface area (Å²) in [5.74, 6) is 1.31. The van der Waals surface area contributed by atoms with E-state index in [1.165, 1.54) is 6.07 Å². The van der Waals surface area contributed by atoms with Crippen LogP contribution in [-0.4, -0.2) is 19.9 Å². The number of H-pyrrole nitrogens is 1. The molecule has 0 spiro atoms. The summed E-state index contributed by atoms with van der Waals surface area (Å²) in [6, 6.07) is 5.29. The second kappa shape index (κ2) is 7.35. The van der Waals surface area contributed by atoms with Crippen LogP contribution in [0.5, 0.6) is 0 Å². The van der Waals surface area contributed by atoms with Gasteiger partial charge in [0.2, 0.25) is 0 Å². The highest BCUT2D eigenvalue weighted by Crippen LogP contribution is 2.16. The van der Waals surface area contributed by atoms with Crippen LogP contribution in [0.15, 0.2) is 34.6 Å². The van der Waals surface area contributed by atoms with E-state index in [1.54, 1.807) is 17.5 Å². The van der Waals surface area contributed by atoms with Crippen molar-refractivity contribution >= 4 is 17.2 Å². The largest absolute Gasteiger partial charge is 0.364 e. The zero-order valence-electron chi connectivity index (χ0n) is 13.7. The van der Waals surface area contributed by atoms with Gasteiger partial charge in [-0.1, -0.05) is 13.8 Å². The molecule has 0 aliphatic heterocycles. The van der Waals surface area contributed by atoms with Crippen molar-refractivity contribution in [2.75, 3.05) is 5.32 Å². The zero-order chi connectivity index (χ0) is 16.9. The summed E-state index contributed by atoms with van der Waals surface area (Å²) in [7, 11) is 0. The quantitative estimate of drug-likeness (QED) is 0.720. The lowest BCUT2D eigenvalue weighted by molar-refractivity contribution is 0.983. The number of thiazole rings is 1. The van der Waals surface area contributed by atoms with Gasteiger partial charge < -0.3 is 10.3 Å². The average molecular weight is 341 g/mol. The second-order valence-electron chi connectivity index (χ2n) is 5.31. The van der Waals surface area contributed by atoms with Gasteiger partial charge in [0, 0.05) is 28.9 Å². The lowest BCUT2D eigenvalue weighted by Crippen LogP contribution is -2.10. The van der Waals surface area contributed by atoms with E-state index in [-0.39, 0.29) is 5.56 Å². The van der Waals surface area contributed by atoms with Crippen LogP contribution in [0, 0.1) is 0 Å². The molecule has 3 heterocycles. The predicted octanol–water partition coefficient (Wildman–Crippen LogP) is 3.03. The fourth-order valence-electron chi connectivity index (χ4n) is 2.24. The smallest absolute Gasteiger partial charge is 0.251 e. The number of pyridine rings is 1. The Kier molecular flexibility index (Phi) is 5.00. The van der Waals surface area contributed by atoms with Crippen LogP contribution in [0.3, 0.4) is 0 Å². The molecule has 24 heavy (non-hydrogen) atoms. The van der Waals surface area contributed by atoms with Crippen LogP contribution in [0.2, 0.25) is 0 Å². The molecule has 0 amide bonds. The van der Waals surface area contributed by atoms with Crippen LogP contribution in [0.25, 0.3) is 11.4 Å². The molecule has 0 aliphatic rings. The third-order valence-corrected chi connectivity index (χ3v) is 4.59. The Bertz CT molecular complexity index is 869. The molecule has 3 aromatic heterocycles. The maximum Gasteiger partial charge on any atom is 0.251 e. The fraction of sp³-hybridized carbons (Fsp3) is 0.294. The topological polar surface area (TPSA) is 83.6 Å². The normalized spacial score (nSPS) is 10.8. The molecule has 3 rings (SSSR count). The lowest BCUT2D eigenvalue weighted by Gasteiger charge is -2.06. The molecule has 0 unspecified atom stereocenters. The molecule has 124 valence electrons. The minimum atomic E-state index is -0.144. The molecular weight excluding hydrogens is 322 g/mol. The van der Waals surface area contributed by atoms with Gasteiger partial charge in [0.05, 0.1) is 17.2 Å². The van der Waals surface area contributed by atoms with E-state index in [4.69, 9.17) is 0 Å². The summed E-state index contributed by atoms with van der Waals surface area (Å²) < 4.78 is 0. The second-order valence-corrected chi connectivity index (χ2v) is 6.25. The highest BCUT2D eigenvalue weighted by atomic mass is 32.1. The van der Waals surface area contributed by atoms with E-state index in [9.17, 15) is 4.79 Å². The summed E-state index contributed by atoms with van der Waals surface area (Å²) in [4.78, 5) is 27.7. The number of nitrogens with one attached hydrogen (secondary N) is 2. The van der Waals surface area contributed by atoms with Gasteiger partial charge in [-0.2, -0.15) is 0 Å². The van der Waals surface area contributed by atoms with Crippen LogP contribution in [0.4, 0.5) is 5.82 Å². The Morgan fingerprint density at radius 1 is 1.17 bits per heavy atom. The van der Waals surface area contributed by atoms with Crippen molar-refractivity contribution in [2.45, 2.75) is 33.2 Å². The summed E-state index contributed by atoms with van der Waals surface area (Å²) in [5.41, 5.74) is 2.43. The van der Waals surface area contributed by atoms with E-state index in [2.05, 4.69) is 37.6 Å². The first kappa shape index (κ1) is 16.3. The Labute approximate surface area is 144 Å². The van der Waals surface area contributed by atoms with Crippen molar-refractivity contribution < 1.29 is 0 Å². The highest BCUT2D eigenvalue weighted by Gasteiger charge is 2.05. The number of rotatable bonds is 6. The van der Waals surface area contributed by atoms with Crippen molar-refractivity contribution in [2.24, 2.45) is 0 Å². The van der Waals surface area contributed by atoms with Crippen LogP contribution >= 0.6 is 11.3 Å². The van der Waals surface area contributed by atoms with Gasteiger partial charge in [-0.15, -0.1) is 11.3 Å². The Balaban J connectivity index is 1.71. The standard InChI is InChI=1S/C17H19N5OS/c1-3-12-7-15(23)22-17(21-12)11-5-6-14(18-8-11)19-9-13-10-24-16(4-2)20-13/h5-8,10H,3-4,9H2,1-2H3,(H,18,19)(H,21,22,23). The van der Waals surface area contributed by atoms with Gasteiger partial charge in [-0.25, -0.2) is 15.0 Å². The van der Waals surface area contributed by atoms with Gasteiger partial charge in [0.15, 0.2) is 0 Å². The Morgan fingerprint density at radius 2 is 2.04 bits per heavy atom. The SMILES string of the molecule is CCc1cc(=O)[nH]c(-c2ccc(NCc3csc(CC)n3)nc2)n1. The third-order valence-electron chi connectivity index (χ3n) is 3.55. The van der Waals surface area contributed by atoms with Gasteiger partial charge in [-0.3, -0.25) is 4.79 Å². The van der Waals surface area contributed by atoms with Crippen LogP contribution < -0.4 is 10.9 Å². The Hall–Kier alpha value is -2.54. The van der Waals surface area contributed by atoms with Crippen molar-refractivity contribution in [3.8, 4) is 11.4 Å². The summed E-state index contributed by atoms with van der Waals surface area (Å²) in [5, 5.41) is 6.45. The van der Waals surface area contributed by atoms with Gasteiger partial charge in [0.25, 0.3) is 5.56 Å². The van der Waals surface area contributed by atoms with E-state index in [0.717, 1.165) is 40.6 Å². The molecule has 0 bridgehead atoms. The summed E-state index contributed by atoms with van der Waals surface area (Å²) in [6.07, 6.45) is 3.38.